The fourth-order valence-electron chi connectivity index (χ4n) is 3.24. The van der Waals surface area contributed by atoms with Crippen molar-refractivity contribution in [3.63, 3.8) is 0 Å². The number of carbonyl (C=O) groups is 2. The van der Waals surface area contributed by atoms with Crippen molar-refractivity contribution in [3.05, 3.63) is 0 Å². The lowest BCUT2D eigenvalue weighted by Crippen LogP contribution is -2.55. The Hall–Kier alpha value is -1.30. The summed E-state index contributed by atoms with van der Waals surface area (Å²) in [6.45, 7) is 7.00. The molecule has 1 saturated carbocycles. The van der Waals surface area contributed by atoms with Gasteiger partial charge in [0.15, 0.2) is 0 Å². The second-order valence-electron chi connectivity index (χ2n) is 6.19. The first kappa shape index (κ1) is 16.1. The zero-order valence-corrected chi connectivity index (χ0v) is 13.0. The molecule has 6 nitrogen and oxygen atoms in total. The van der Waals surface area contributed by atoms with Gasteiger partial charge < -0.3 is 15.3 Å². The van der Waals surface area contributed by atoms with Gasteiger partial charge in [0, 0.05) is 25.7 Å². The van der Waals surface area contributed by atoms with Gasteiger partial charge >= 0.3 is 12.0 Å². The highest BCUT2D eigenvalue weighted by molar-refractivity contribution is 5.83. The summed E-state index contributed by atoms with van der Waals surface area (Å²) < 4.78 is 0. The zero-order chi connectivity index (χ0) is 15.4. The molecular weight excluding hydrogens is 270 g/mol. The number of nitrogens with zero attached hydrogens (tertiary/aromatic N) is 2. The number of carbonyl (C=O) groups excluding carboxylic acids is 1. The van der Waals surface area contributed by atoms with Crippen LogP contribution in [0.15, 0.2) is 0 Å². The van der Waals surface area contributed by atoms with Gasteiger partial charge in [0.2, 0.25) is 0 Å². The Morgan fingerprint density at radius 3 is 2.62 bits per heavy atom. The third-order valence-electron chi connectivity index (χ3n) is 4.59. The Kier molecular flexibility index (Phi) is 5.45. The number of hydrogen-bond donors (Lipinski definition) is 2. The summed E-state index contributed by atoms with van der Waals surface area (Å²) in [4.78, 5) is 27.5. The van der Waals surface area contributed by atoms with Crippen LogP contribution in [0.1, 0.15) is 39.5 Å². The highest BCUT2D eigenvalue weighted by Crippen LogP contribution is 2.26. The molecule has 0 aromatic carbocycles. The fraction of sp³-hybridized carbons (Fsp3) is 0.867. The number of amides is 2. The van der Waals surface area contributed by atoms with E-state index in [4.69, 9.17) is 0 Å². The molecule has 2 amide bonds. The lowest BCUT2D eigenvalue weighted by atomic mass is 9.91. The molecule has 0 spiro atoms. The fourth-order valence-corrected chi connectivity index (χ4v) is 3.24. The highest BCUT2D eigenvalue weighted by atomic mass is 16.4. The maximum absolute atomic E-state index is 12.2. The number of aliphatic carboxylic acids is 1. The number of likely N-dealkylation sites (tertiary alicyclic amines) is 1. The number of rotatable bonds is 6. The van der Waals surface area contributed by atoms with Crippen LogP contribution in [0.2, 0.25) is 0 Å². The average Bonchev–Trinajstić information content (AvgIpc) is 3.27. The predicted molar refractivity (Wildman–Crippen MR) is 80.2 cm³/mol. The van der Waals surface area contributed by atoms with Crippen molar-refractivity contribution in [1.29, 1.82) is 0 Å². The van der Waals surface area contributed by atoms with Gasteiger partial charge in [-0.25, -0.2) is 9.59 Å². The lowest BCUT2D eigenvalue weighted by molar-refractivity contribution is -0.145. The van der Waals surface area contributed by atoms with Crippen molar-refractivity contribution < 1.29 is 14.7 Å². The van der Waals surface area contributed by atoms with Crippen molar-refractivity contribution in [2.24, 2.45) is 5.92 Å². The summed E-state index contributed by atoms with van der Waals surface area (Å²) >= 11 is 0. The topological polar surface area (TPSA) is 72.9 Å². The Balaban J connectivity index is 1.81. The molecule has 0 aromatic heterocycles. The number of likely N-dealkylation sites (N-methyl/N-ethyl adjacent to an activating group) is 1. The summed E-state index contributed by atoms with van der Waals surface area (Å²) in [6, 6.07) is -0.237. The largest absolute Gasteiger partial charge is 0.480 e. The van der Waals surface area contributed by atoms with Gasteiger partial charge in [0.05, 0.1) is 0 Å². The molecule has 6 heteroatoms. The number of hydrogen-bond acceptors (Lipinski definition) is 3. The molecule has 0 bridgehead atoms. The van der Waals surface area contributed by atoms with Crippen LogP contribution in [0.3, 0.4) is 0 Å². The minimum absolute atomic E-state index is 0.0144. The minimum atomic E-state index is -0.898. The number of carboxylic acid groups (broad SMARTS) is 1. The van der Waals surface area contributed by atoms with Crippen molar-refractivity contribution in [2.45, 2.75) is 51.6 Å². The van der Waals surface area contributed by atoms with Crippen molar-refractivity contribution in [2.75, 3.05) is 26.2 Å². The van der Waals surface area contributed by atoms with Gasteiger partial charge in [-0.1, -0.05) is 13.8 Å². The SMILES string of the molecule is CCN(CCNC(=O)N1CCCC(C)C1C(=O)O)C1CC1. The lowest BCUT2D eigenvalue weighted by Gasteiger charge is -2.37. The number of piperidine rings is 1. The number of urea groups is 1. The number of nitrogens with one attached hydrogen (secondary N) is 1. The van der Waals surface area contributed by atoms with E-state index in [1.54, 1.807) is 0 Å². The van der Waals surface area contributed by atoms with E-state index in [9.17, 15) is 14.7 Å². The van der Waals surface area contributed by atoms with Crippen LogP contribution >= 0.6 is 0 Å². The third kappa shape index (κ3) is 4.09. The molecule has 1 aliphatic heterocycles. The molecule has 2 fully saturated rings. The Morgan fingerprint density at radius 1 is 1.33 bits per heavy atom. The van der Waals surface area contributed by atoms with E-state index in [-0.39, 0.29) is 11.9 Å². The quantitative estimate of drug-likeness (QED) is 0.776. The summed E-state index contributed by atoms with van der Waals surface area (Å²) in [6.07, 6.45) is 4.26. The van der Waals surface area contributed by atoms with Gasteiger partial charge in [-0.05, 0) is 38.1 Å². The van der Waals surface area contributed by atoms with Gasteiger partial charge in [0.1, 0.15) is 6.04 Å². The van der Waals surface area contributed by atoms with Crippen molar-refractivity contribution in [3.8, 4) is 0 Å². The first-order valence-corrected chi connectivity index (χ1v) is 8.06. The van der Waals surface area contributed by atoms with Crippen LogP contribution in [0.25, 0.3) is 0 Å². The van der Waals surface area contributed by atoms with Gasteiger partial charge in [-0.2, -0.15) is 0 Å². The molecule has 120 valence electrons. The van der Waals surface area contributed by atoms with Gasteiger partial charge in [0.25, 0.3) is 0 Å². The monoisotopic (exact) mass is 297 g/mol. The molecule has 1 saturated heterocycles. The summed E-state index contributed by atoms with van der Waals surface area (Å²) in [5.41, 5.74) is 0. The van der Waals surface area contributed by atoms with E-state index in [0.717, 1.165) is 25.9 Å². The first-order chi connectivity index (χ1) is 10.0. The van der Waals surface area contributed by atoms with Crippen LogP contribution in [-0.2, 0) is 4.79 Å². The molecule has 1 aliphatic carbocycles. The summed E-state index contributed by atoms with van der Waals surface area (Å²) in [7, 11) is 0. The van der Waals surface area contributed by atoms with Gasteiger partial charge in [-0.3, -0.25) is 4.90 Å². The molecule has 0 radical (unpaired) electrons. The highest BCUT2D eigenvalue weighted by Gasteiger charge is 2.37. The Morgan fingerprint density at radius 2 is 2.05 bits per heavy atom. The van der Waals surface area contributed by atoms with Crippen LogP contribution in [-0.4, -0.2) is 65.2 Å². The molecular formula is C15H27N3O3. The van der Waals surface area contributed by atoms with Gasteiger partial charge in [-0.15, -0.1) is 0 Å². The molecule has 2 aliphatic rings. The minimum Gasteiger partial charge on any atom is -0.480 e. The second-order valence-corrected chi connectivity index (χ2v) is 6.19. The molecule has 2 unspecified atom stereocenters. The molecule has 21 heavy (non-hydrogen) atoms. The van der Waals surface area contributed by atoms with E-state index >= 15 is 0 Å². The number of carboxylic acids is 1. The molecule has 2 atom stereocenters. The maximum atomic E-state index is 12.2. The summed E-state index contributed by atoms with van der Waals surface area (Å²) in [5, 5.41) is 12.2. The Labute approximate surface area is 126 Å². The molecule has 2 rings (SSSR count). The standard InChI is InChI=1S/C15H27N3O3/c1-3-17(12-6-7-12)10-8-16-15(21)18-9-4-5-11(2)13(18)14(19)20/h11-13H,3-10H2,1-2H3,(H,16,21)(H,19,20). The maximum Gasteiger partial charge on any atom is 0.326 e. The molecule has 0 aromatic rings. The van der Waals surface area contributed by atoms with Crippen LogP contribution in [0, 0.1) is 5.92 Å². The van der Waals surface area contributed by atoms with E-state index in [2.05, 4.69) is 17.1 Å². The zero-order valence-electron chi connectivity index (χ0n) is 13.0. The van der Waals surface area contributed by atoms with Crippen molar-refractivity contribution in [1.82, 2.24) is 15.1 Å². The molecule has 1 heterocycles. The summed E-state index contributed by atoms with van der Waals surface area (Å²) in [5.74, 6) is -0.883. The van der Waals surface area contributed by atoms with E-state index in [0.29, 0.717) is 19.1 Å². The normalized spacial score (nSPS) is 26.0. The first-order valence-electron chi connectivity index (χ1n) is 8.06. The second kappa shape index (κ2) is 7.11. The van der Waals surface area contributed by atoms with E-state index < -0.39 is 12.0 Å². The average molecular weight is 297 g/mol. The smallest absolute Gasteiger partial charge is 0.326 e. The third-order valence-corrected chi connectivity index (χ3v) is 4.59. The van der Waals surface area contributed by atoms with Crippen LogP contribution < -0.4 is 5.32 Å². The van der Waals surface area contributed by atoms with Crippen molar-refractivity contribution >= 4 is 12.0 Å². The predicted octanol–water partition coefficient (Wildman–Crippen LogP) is 1.37. The molecule has 2 N–H and O–H groups in total. The Bertz CT molecular complexity index is 384. The van der Waals surface area contributed by atoms with E-state index in [1.165, 1.54) is 17.7 Å². The van der Waals surface area contributed by atoms with Crippen LogP contribution in [0.5, 0.6) is 0 Å². The van der Waals surface area contributed by atoms with Crippen LogP contribution in [0.4, 0.5) is 4.79 Å². The van der Waals surface area contributed by atoms with E-state index in [1.807, 2.05) is 6.92 Å².